The topological polar surface area (TPSA) is 123 Å². The number of rotatable bonds is 5. The van der Waals surface area contributed by atoms with Gasteiger partial charge in [-0.1, -0.05) is 9.59 Å². The van der Waals surface area contributed by atoms with Crippen LogP contribution in [-0.2, 0) is 0 Å². The minimum absolute atomic E-state index is 0.158. The van der Waals surface area contributed by atoms with Crippen molar-refractivity contribution in [2.45, 2.75) is 6.92 Å². The Balaban J connectivity index is 2.26. The number of hydrogen-bond donors (Lipinski definition) is 2. The van der Waals surface area contributed by atoms with Gasteiger partial charge < -0.3 is 5.32 Å². The fraction of sp³-hybridized carbons (Fsp3) is 0.200. The Hall–Kier alpha value is -2.62. The molecule has 0 aliphatic carbocycles. The minimum Gasteiger partial charge on any atom is -0.380 e. The van der Waals surface area contributed by atoms with Crippen LogP contribution in [0.5, 0.6) is 0 Å². The number of aromatic nitrogens is 3. The van der Waals surface area contributed by atoms with E-state index in [0.717, 1.165) is 11.5 Å². The first kappa shape index (κ1) is 13.8. The molecule has 0 atom stereocenters. The van der Waals surface area contributed by atoms with E-state index in [0.29, 0.717) is 12.2 Å². The molecular weight excluding hydrogens is 284 g/mol. The van der Waals surface area contributed by atoms with Gasteiger partial charge in [-0.15, -0.1) is 0 Å². The Morgan fingerprint density at radius 3 is 2.90 bits per heavy atom. The number of hydrogen-bond acceptors (Lipinski definition) is 8. The van der Waals surface area contributed by atoms with Crippen LogP contribution in [-0.4, -0.2) is 32.2 Å². The summed E-state index contributed by atoms with van der Waals surface area (Å²) >= 11 is 0.917. The van der Waals surface area contributed by atoms with E-state index in [1.54, 1.807) is 0 Å². The highest BCUT2D eigenvalue weighted by molar-refractivity contribution is 7.09. The van der Waals surface area contributed by atoms with Crippen LogP contribution in [0.25, 0.3) is 0 Å². The molecular formula is C10H10N6O3S. The van der Waals surface area contributed by atoms with Crippen molar-refractivity contribution in [3.05, 3.63) is 33.9 Å². The van der Waals surface area contributed by atoms with Crippen molar-refractivity contribution < 1.29 is 9.72 Å². The predicted molar refractivity (Wildman–Crippen MR) is 72.9 cm³/mol. The van der Waals surface area contributed by atoms with Gasteiger partial charge in [-0.3, -0.25) is 20.2 Å². The van der Waals surface area contributed by atoms with Crippen molar-refractivity contribution >= 4 is 33.9 Å². The second-order valence-electron chi connectivity index (χ2n) is 3.64. The third-order valence-corrected chi connectivity index (χ3v) is 2.85. The molecule has 0 spiro atoms. The van der Waals surface area contributed by atoms with E-state index in [2.05, 4.69) is 25.4 Å². The molecule has 2 rings (SSSR count). The summed E-state index contributed by atoms with van der Waals surface area (Å²) in [6.45, 7) is 2.37. The summed E-state index contributed by atoms with van der Waals surface area (Å²) in [6.07, 6.45) is 0. The number of anilines is 2. The highest BCUT2D eigenvalue weighted by Crippen LogP contribution is 2.25. The highest BCUT2D eigenvalue weighted by atomic mass is 32.1. The van der Waals surface area contributed by atoms with Crippen LogP contribution in [0, 0.1) is 10.1 Å². The van der Waals surface area contributed by atoms with Gasteiger partial charge in [0.05, 0.1) is 4.92 Å². The van der Waals surface area contributed by atoms with Crippen molar-refractivity contribution in [1.29, 1.82) is 0 Å². The third kappa shape index (κ3) is 3.03. The van der Waals surface area contributed by atoms with Crippen LogP contribution in [0.15, 0.2) is 18.2 Å². The monoisotopic (exact) mass is 294 g/mol. The zero-order chi connectivity index (χ0) is 14.5. The van der Waals surface area contributed by atoms with E-state index in [1.165, 1.54) is 18.2 Å². The lowest BCUT2D eigenvalue weighted by Crippen LogP contribution is -2.12. The van der Waals surface area contributed by atoms with Crippen LogP contribution in [0.3, 0.4) is 0 Å². The number of nitrogens with zero attached hydrogens (tertiary/aromatic N) is 4. The van der Waals surface area contributed by atoms with Gasteiger partial charge in [-0.05, 0) is 24.3 Å². The summed E-state index contributed by atoms with van der Waals surface area (Å²) in [5.74, 6) is -0.505. The second kappa shape index (κ2) is 6.02. The van der Waals surface area contributed by atoms with Gasteiger partial charge in [0, 0.05) is 29.7 Å². The molecule has 9 nitrogen and oxygen atoms in total. The van der Waals surface area contributed by atoms with Crippen molar-refractivity contribution in [3.63, 3.8) is 0 Å². The number of nitrogens with one attached hydrogen (secondary N) is 2. The van der Waals surface area contributed by atoms with E-state index in [9.17, 15) is 14.9 Å². The summed E-state index contributed by atoms with van der Waals surface area (Å²) in [7, 11) is 0. The number of amides is 1. The van der Waals surface area contributed by atoms with Crippen molar-refractivity contribution in [2.24, 2.45) is 0 Å². The fourth-order valence-electron chi connectivity index (χ4n) is 1.52. The second-order valence-corrected chi connectivity index (χ2v) is 4.37. The Morgan fingerprint density at radius 2 is 2.30 bits per heavy atom. The first-order valence-electron chi connectivity index (χ1n) is 5.60. The number of carbonyl (C=O) groups is 1. The molecule has 0 radical (unpaired) electrons. The minimum atomic E-state index is -0.540. The first-order chi connectivity index (χ1) is 9.61. The summed E-state index contributed by atoms with van der Waals surface area (Å²) < 4.78 is 3.50. The van der Waals surface area contributed by atoms with Crippen molar-refractivity contribution in [3.8, 4) is 0 Å². The summed E-state index contributed by atoms with van der Waals surface area (Å²) in [5, 5.41) is 23.4. The van der Waals surface area contributed by atoms with E-state index >= 15 is 0 Å². The lowest BCUT2D eigenvalue weighted by Gasteiger charge is -2.06. The van der Waals surface area contributed by atoms with Crippen LogP contribution in [0.2, 0.25) is 0 Å². The molecule has 0 fully saturated rings. The van der Waals surface area contributed by atoms with E-state index in [4.69, 9.17) is 0 Å². The molecule has 0 unspecified atom stereocenters. The number of nitro benzene ring substituents is 1. The SMILES string of the molecule is CCNc1ccc(C(=O)Nc2nnns2)cc1[N+](=O)[O-]. The van der Waals surface area contributed by atoms with E-state index < -0.39 is 10.8 Å². The van der Waals surface area contributed by atoms with Crippen LogP contribution in [0.4, 0.5) is 16.5 Å². The number of nitro groups is 1. The highest BCUT2D eigenvalue weighted by Gasteiger charge is 2.17. The molecule has 1 heterocycles. The van der Waals surface area contributed by atoms with Gasteiger partial charge in [-0.2, -0.15) is 0 Å². The fourth-order valence-corrected chi connectivity index (χ4v) is 1.88. The largest absolute Gasteiger partial charge is 0.380 e. The van der Waals surface area contributed by atoms with Gasteiger partial charge in [0.1, 0.15) is 5.69 Å². The molecule has 0 saturated heterocycles. The molecule has 104 valence electrons. The lowest BCUT2D eigenvalue weighted by atomic mass is 10.1. The summed E-state index contributed by atoms with van der Waals surface area (Å²) in [6, 6.07) is 4.20. The van der Waals surface area contributed by atoms with Gasteiger partial charge >= 0.3 is 0 Å². The van der Waals surface area contributed by atoms with Gasteiger partial charge in [0.15, 0.2) is 0 Å². The van der Waals surface area contributed by atoms with E-state index in [1.807, 2.05) is 6.92 Å². The van der Waals surface area contributed by atoms with E-state index in [-0.39, 0.29) is 16.4 Å². The van der Waals surface area contributed by atoms with Crippen LogP contribution in [0.1, 0.15) is 17.3 Å². The zero-order valence-corrected chi connectivity index (χ0v) is 11.2. The summed E-state index contributed by atoms with van der Waals surface area (Å²) in [5.41, 5.74) is 0.370. The Kier molecular flexibility index (Phi) is 4.15. The molecule has 2 aromatic rings. The van der Waals surface area contributed by atoms with Gasteiger partial charge in [-0.25, -0.2) is 0 Å². The Bertz CT molecular complexity index is 630. The quantitative estimate of drug-likeness (QED) is 0.633. The van der Waals surface area contributed by atoms with Gasteiger partial charge in [0.25, 0.3) is 11.6 Å². The smallest absolute Gasteiger partial charge is 0.293 e. The molecule has 1 aromatic carbocycles. The average Bonchev–Trinajstić information content (AvgIpc) is 2.92. The first-order valence-corrected chi connectivity index (χ1v) is 6.38. The van der Waals surface area contributed by atoms with Crippen LogP contribution < -0.4 is 10.6 Å². The maximum atomic E-state index is 11.9. The van der Waals surface area contributed by atoms with Crippen molar-refractivity contribution in [2.75, 3.05) is 17.2 Å². The molecule has 0 aliphatic heterocycles. The Labute approximate surface area is 117 Å². The molecule has 2 N–H and O–H groups in total. The third-order valence-electron chi connectivity index (χ3n) is 2.34. The standard InChI is InChI=1S/C10H10N6O3S/c1-2-11-7-4-3-6(5-8(7)16(18)19)9(17)12-10-13-14-15-20-10/h3-5,11H,2H2,1H3,(H,12,13,15,17). The Morgan fingerprint density at radius 1 is 1.50 bits per heavy atom. The summed E-state index contributed by atoms with van der Waals surface area (Å²) in [4.78, 5) is 22.4. The van der Waals surface area contributed by atoms with Crippen LogP contribution >= 0.6 is 11.5 Å². The molecule has 0 saturated carbocycles. The average molecular weight is 294 g/mol. The van der Waals surface area contributed by atoms with Gasteiger partial charge in [0.2, 0.25) is 5.13 Å². The predicted octanol–water partition coefficient (Wildman–Crippen LogP) is 1.53. The zero-order valence-electron chi connectivity index (χ0n) is 10.4. The number of benzene rings is 1. The molecule has 10 heteroatoms. The maximum Gasteiger partial charge on any atom is 0.293 e. The lowest BCUT2D eigenvalue weighted by molar-refractivity contribution is -0.384. The van der Waals surface area contributed by atoms with Crippen molar-refractivity contribution in [1.82, 2.24) is 14.8 Å². The molecule has 20 heavy (non-hydrogen) atoms. The normalized spacial score (nSPS) is 10.1. The number of carbonyl (C=O) groups excluding carboxylic acids is 1. The molecule has 1 aromatic heterocycles. The molecule has 1 amide bonds. The molecule has 0 aliphatic rings. The maximum absolute atomic E-state index is 11.9. The molecule has 0 bridgehead atoms.